The van der Waals surface area contributed by atoms with Crippen LogP contribution >= 0.6 is 0 Å². The molecule has 176 valence electrons. The number of piperidine rings is 1. The number of nitrogens with two attached hydrogens (primary N) is 1. The first kappa shape index (κ1) is 21.2. The Kier molecular flexibility index (Phi) is 5.33. The highest BCUT2D eigenvalue weighted by atomic mass is 16.6. The van der Waals surface area contributed by atoms with Crippen molar-refractivity contribution in [3.05, 3.63) is 84.4 Å². The third-order valence-corrected chi connectivity index (χ3v) is 6.72. The summed E-state index contributed by atoms with van der Waals surface area (Å²) in [6, 6.07) is 20.0. The van der Waals surface area contributed by atoms with E-state index in [2.05, 4.69) is 26.5 Å². The maximum absolute atomic E-state index is 12.6. The number of carbonyl (C=O) groups is 1. The van der Waals surface area contributed by atoms with Crippen molar-refractivity contribution < 1.29 is 9.53 Å². The van der Waals surface area contributed by atoms with E-state index in [1.807, 2.05) is 54.7 Å². The van der Waals surface area contributed by atoms with Crippen molar-refractivity contribution >= 4 is 28.3 Å². The highest BCUT2D eigenvalue weighted by Gasteiger charge is 2.29. The molecular formula is C27H26N6O2. The molecule has 35 heavy (non-hydrogen) atoms. The van der Waals surface area contributed by atoms with Gasteiger partial charge in [0.15, 0.2) is 0 Å². The van der Waals surface area contributed by atoms with Gasteiger partial charge in [-0.2, -0.15) is 0 Å². The fourth-order valence-electron chi connectivity index (χ4n) is 4.89. The summed E-state index contributed by atoms with van der Waals surface area (Å²) in [5.41, 5.74) is 10.9. The number of H-pyrrole nitrogens is 1. The van der Waals surface area contributed by atoms with E-state index in [-0.39, 0.29) is 18.6 Å². The fourth-order valence-corrected chi connectivity index (χ4v) is 4.89. The molecule has 5 aromatic rings. The van der Waals surface area contributed by atoms with Gasteiger partial charge in [0.1, 0.15) is 29.5 Å². The number of imidazole rings is 1. The largest absolute Gasteiger partial charge is 0.445 e. The lowest BCUT2D eigenvalue weighted by Crippen LogP contribution is -2.38. The molecule has 0 unspecified atom stereocenters. The highest BCUT2D eigenvalue weighted by molar-refractivity contribution is 5.91. The third-order valence-electron chi connectivity index (χ3n) is 6.72. The van der Waals surface area contributed by atoms with Gasteiger partial charge in [0.25, 0.3) is 0 Å². The lowest BCUT2D eigenvalue weighted by atomic mass is 9.96. The monoisotopic (exact) mass is 466 g/mol. The molecule has 3 N–H and O–H groups in total. The molecule has 1 amide bonds. The van der Waals surface area contributed by atoms with Crippen LogP contribution < -0.4 is 5.73 Å². The first-order valence-electron chi connectivity index (χ1n) is 11.8. The van der Waals surface area contributed by atoms with Crippen molar-refractivity contribution in [1.82, 2.24) is 24.3 Å². The number of ether oxygens (including phenoxy) is 1. The van der Waals surface area contributed by atoms with Crippen molar-refractivity contribution in [2.45, 2.75) is 25.4 Å². The first-order valence-corrected chi connectivity index (χ1v) is 11.8. The number of likely N-dealkylation sites (tertiary alicyclic amines) is 1. The highest BCUT2D eigenvalue weighted by Crippen LogP contribution is 2.35. The van der Waals surface area contributed by atoms with E-state index in [0.717, 1.165) is 52.0 Å². The zero-order valence-corrected chi connectivity index (χ0v) is 19.2. The molecule has 1 aliphatic heterocycles. The van der Waals surface area contributed by atoms with Gasteiger partial charge in [-0.15, -0.1) is 0 Å². The summed E-state index contributed by atoms with van der Waals surface area (Å²) in [5, 5.41) is 1.12. The molecule has 1 fully saturated rings. The lowest BCUT2D eigenvalue weighted by Gasteiger charge is -2.30. The van der Waals surface area contributed by atoms with Crippen molar-refractivity contribution in [2.75, 3.05) is 18.8 Å². The van der Waals surface area contributed by atoms with E-state index >= 15 is 0 Å². The molecule has 1 aliphatic rings. The van der Waals surface area contributed by atoms with E-state index in [1.54, 1.807) is 11.1 Å². The van der Waals surface area contributed by atoms with Crippen LogP contribution in [0.15, 0.2) is 73.1 Å². The Labute approximate surface area is 202 Å². The van der Waals surface area contributed by atoms with Gasteiger partial charge in [-0.05, 0) is 30.5 Å². The molecule has 6 rings (SSSR count). The van der Waals surface area contributed by atoms with E-state index in [4.69, 9.17) is 15.5 Å². The summed E-state index contributed by atoms with van der Waals surface area (Å²) in [6.45, 7) is 1.52. The second kappa shape index (κ2) is 8.79. The Bertz CT molecular complexity index is 1470. The normalized spacial score (nSPS) is 14.6. The molecular weight excluding hydrogens is 440 g/mol. The van der Waals surface area contributed by atoms with Gasteiger partial charge in [0.05, 0.1) is 5.69 Å². The Hall–Kier alpha value is -4.33. The SMILES string of the molecule is Nc1nccn2c(C3CCN(C(=O)OCc4ccccc4)CC3)nc(-c3cc4ccccc4[nH]3)c12. The minimum atomic E-state index is -0.271. The number of fused-ring (bicyclic) bond motifs is 2. The average Bonchev–Trinajstić information content (AvgIpc) is 3.50. The van der Waals surface area contributed by atoms with Crippen LogP contribution in [-0.4, -0.2) is 43.4 Å². The maximum Gasteiger partial charge on any atom is 0.410 e. The van der Waals surface area contributed by atoms with E-state index < -0.39 is 0 Å². The zero-order chi connectivity index (χ0) is 23.8. The van der Waals surface area contributed by atoms with Crippen LogP contribution in [0.4, 0.5) is 10.6 Å². The smallest absolute Gasteiger partial charge is 0.410 e. The third kappa shape index (κ3) is 3.97. The second-order valence-corrected chi connectivity index (χ2v) is 8.92. The summed E-state index contributed by atoms with van der Waals surface area (Å²) < 4.78 is 7.58. The molecule has 0 aliphatic carbocycles. The number of hydrogen-bond acceptors (Lipinski definition) is 5. The van der Waals surface area contributed by atoms with Crippen LogP contribution in [0.3, 0.4) is 0 Å². The number of amides is 1. The van der Waals surface area contributed by atoms with Gasteiger partial charge in [0, 0.05) is 42.3 Å². The van der Waals surface area contributed by atoms with Gasteiger partial charge in [-0.25, -0.2) is 14.8 Å². The molecule has 1 saturated heterocycles. The molecule has 0 radical (unpaired) electrons. The predicted octanol–water partition coefficient (Wildman–Crippen LogP) is 4.98. The van der Waals surface area contributed by atoms with Gasteiger partial charge < -0.3 is 20.4 Å². The Morgan fingerprint density at radius 3 is 2.66 bits per heavy atom. The number of carbonyl (C=O) groups excluding carboxylic acids is 1. The van der Waals surface area contributed by atoms with Crippen LogP contribution in [0.25, 0.3) is 27.8 Å². The van der Waals surface area contributed by atoms with Crippen molar-refractivity contribution in [2.24, 2.45) is 0 Å². The number of hydrogen-bond donors (Lipinski definition) is 2. The van der Waals surface area contributed by atoms with Crippen LogP contribution in [0.5, 0.6) is 0 Å². The number of benzene rings is 2. The summed E-state index contributed by atoms with van der Waals surface area (Å²) >= 11 is 0. The number of para-hydroxylation sites is 1. The van der Waals surface area contributed by atoms with Crippen LogP contribution in [-0.2, 0) is 11.3 Å². The number of anilines is 1. The van der Waals surface area contributed by atoms with E-state index in [1.165, 1.54) is 0 Å². The minimum Gasteiger partial charge on any atom is -0.445 e. The standard InChI is InChI=1S/C27H26N6O2/c28-25-24-23(22-16-20-8-4-5-9-21(20)30-22)31-26(33(24)15-12-29-25)19-10-13-32(14-11-19)27(34)35-17-18-6-2-1-3-7-18/h1-9,12,15-16,19,30H,10-11,13-14,17H2,(H2,28,29). The number of nitrogens with zero attached hydrogens (tertiary/aromatic N) is 4. The van der Waals surface area contributed by atoms with Crippen LogP contribution in [0.2, 0.25) is 0 Å². The van der Waals surface area contributed by atoms with Crippen molar-refractivity contribution in [1.29, 1.82) is 0 Å². The van der Waals surface area contributed by atoms with E-state index in [9.17, 15) is 4.79 Å². The first-order chi connectivity index (χ1) is 17.2. The predicted molar refractivity (Wildman–Crippen MR) is 135 cm³/mol. The fraction of sp³-hybridized carbons (Fsp3) is 0.222. The molecule has 3 aromatic heterocycles. The molecule has 0 spiro atoms. The minimum absolute atomic E-state index is 0.195. The van der Waals surface area contributed by atoms with Crippen molar-refractivity contribution in [3.8, 4) is 11.4 Å². The summed E-state index contributed by atoms with van der Waals surface area (Å²) in [5.74, 6) is 1.59. The van der Waals surface area contributed by atoms with Crippen molar-refractivity contribution in [3.63, 3.8) is 0 Å². The lowest BCUT2D eigenvalue weighted by molar-refractivity contribution is 0.0866. The second-order valence-electron chi connectivity index (χ2n) is 8.92. The maximum atomic E-state index is 12.6. The van der Waals surface area contributed by atoms with Crippen LogP contribution in [0, 0.1) is 0 Å². The summed E-state index contributed by atoms with van der Waals surface area (Å²) in [7, 11) is 0. The topological polar surface area (TPSA) is 102 Å². The Balaban J connectivity index is 1.23. The molecule has 0 bridgehead atoms. The van der Waals surface area contributed by atoms with Gasteiger partial charge in [-0.3, -0.25) is 4.40 Å². The van der Waals surface area contributed by atoms with Gasteiger partial charge in [0.2, 0.25) is 0 Å². The number of nitrogens with one attached hydrogen (secondary N) is 1. The van der Waals surface area contributed by atoms with Gasteiger partial charge in [-0.1, -0.05) is 48.5 Å². The number of aromatic amines is 1. The molecule has 8 nitrogen and oxygen atoms in total. The molecule has 4 heterocycles. The zero-order valence-electron chi connectivity index (χ0n) is 19.2. The number of nitrogen functional groups attached to an aromatic ring is 1. The Morgan fingerprint density at radius 1 is 1.09 bits per heavy atom. The average molecular weight is 467 g/mol. The molecule has 0 saturated carbocycles. The Morgan fingerprint density at radius 2 is 1.86 bits per heavy atom. The summed E-state index contributed by atoms with van der Waals surface area (Å²) in [4.78, 5) is 27.2. The number of aromatic nitrogens is 4. The summed E-state index contributed by atoms with van der Waals surface area (Å²) in [6.07, 6.45) is 4.95. The van der Waals surface area contributed by atoms with E-state index in [0.29, 0.717) is 18.9 Å². The molecule has 8 heteroatoms. The molecule has 0 atom stereocenters. The van der Waals surface area contributed by atoms with Crippen LogP contribution in [0.1, 0.15) is 30.1 Å². The molecule has 2 aromatic carbocycles. The quantitative estimate of drug-likeness (QED) is 0.389. The van der Waals surface area contributed by atoms with Gasteiger partial charge >= 0.3 is 6.09 Å². The number of rotatable bonds is 4.